The molecule has 2 heterocycles. The topological polar surface area (TPSA) is 64.0 Å². The Bertz CT molecular complexity index is 1390. The zero-order valence-corrected chi connectivity index (χ0v) is 19.5. The summed E-state index contributed by atoms with van der Waals surface area (Å²) in [7, 11) is 0. The van der Waals surface area contributed by atoms with E-state index < -0.39 is 5.91 Å². The molecule has 0 spiro atoms. The van der Waals surface area contributed by atoms with Crippen molar-refractivity contribution in [3.05, 3.63) is 111 Å². The van der Waals surface area contributed by atoms with Gasteiger partial charge >= 0.3 is 0 Å². The van der Waals surface area contributed by atoms with Crippen LogP contribution in [0.15, 0.2) is 77.7 Å². The molecule has 2 aromatic heterocycles. The first-order valence-corrected chi connectivity index (χ1v) is 11.1. The highest BCUT2D eigenvalue weighted by atomic mass is 35.5. The molecule has 4 aromatic rings. The Morgan fingerprint density at radius 1 is 1.03 bits per heavy atom. The third-order valence-electron chi connectivity index (χ3n) is 5.61. The van der Waals surface area contributed by atoms with Gasteiger partial charge in [0, 0.05) is 23.6 Å². The lowest BCUT2D eigenvalue weighted by Crippen LogP contribution is -2.27. The van der Waals surface area contributed by atoms with Gasteiger partial charge in [0.25, 0.3) is 5.91 Å². The zero-order valence-electron chi connectivity index (χ0n) is 18.7. The average Bonchev–Trinajstić information content (AvgIpc) is 2.81. The van der Waals surface area contributed by atoms with Crippen LogP contribution in [0.2, 0.25) is 5.02 Å². The fourth-order valence-electron chi connectivity index (χ4n) is 4.02. The van der Waals surface area contributed by atoms with Gasteiger partial charge in [-0.25, -0.2) is 0 Å². The lowest BCUT2D eigenvalue weighted by molar-refractivity contribution is 0.102. The minimum absolute atomic E-state index is 0.0181. The molecule has 4 rings (SSSR count). The molecule has 0 fully saturated rings. The number of aryl methyl sites for hydroxylation is 3. The number of amides is 1. The molecule has 5 nitrogen and oxygen atoms in total. The summed E-state index contributed by atoms with van der Waals surface area (Å²) in [5, 5.41) is 3.50. The number of rotatable bonds is 5. The molecule has 2 aromatic carbocycles. The molecule has 1 amide bonds. The van der Waals surface area contributed by atoms with Crippen molar-refractivity contribution >= 4 is 23.2 Å². The second-order valence-corrected chi connectivity index (χ2v) is 8.20. The van der Waals surface area contributed by atoms with Crippen molar-refractivity contribution in [3.8, 4) is 17.1 Å². The number of para-hydroxylation sites is 2. The van der Waals surface area contributed by atoms with Crippen LogP contribution in [0.3, 0.4) is 0 Å². The van der Waals surface area contributed by atoms with Crippen molar-refractivity contribution in [1.29, 1.82) is 0 Å². The summed E-state index contributed by atoms with van der Waals surface area (Å²) < 4.78 is 1.82. The minimum atomic E-state index is -0.481. The zero-order chi connectivity index (χ0) is 23.5. The van der Waals surface area contributed by atoms with Crippen LogP contribution in [-0.2, 0) is 6.42 Å². The predicted octanol–water partition coefficient (Wildman–Crippen LogP) is 5.98. The maximum absolute atomic E-state index is 13.6. The maximum atomic E-state index is 13.6. The molecule has 0 aliphatic heterocycles. The summed E-state index contributed by atoms with van der Waals surface area (Å²) in [5.41, 5.74) is 4.52. The summed E-state index contributed by atoms with van der Waals surface area (Å²) in [6.07, 6.45) is 2.39. The van der Waals surface area contributed by atoms with Crippen molar-refractivity contribution in [3.63, 3.8) is 0 Å². The predicted molar refractivity (Wildman–Crippen MR) is 134 cm³/mol. The van der Waals surface area contributed by atoms with E-state index >= 15 is 0 Å². The largest absolute Gasteiger partial charge is 0.321 e. The summed E-state index contributed by atoms with van der Waals surface area (Å²) in [4.78, 5) is 31.3. The number of hydrogen-bond donors (Lipinski definition) is 1. The molecule has 0 saturated heterocycles. The van der Waals surface area contributed by atoms with E-state index in [1.54, 1.807) is 24.4 Å². The van der Waals surface area contributed by atoms with Gasteiger partial charge in [-0.1, -0.05) is 54.9 Å². The number of anilines is 1. The molecular formula is C27H24ClN3O2. The van der Waals surface area contributed by atoms with Crippen LogP contribution >= 0.6 is 11.6 Å². The molecule has 6 heteroatoms. The number of carbonyl (C=O) groups is 1. The van der Waals surface area contributed by atoms with E-state index in [2.05, 4.69) is 10.3 Å². The molecular weight excluding hydrogens is 434 g/mol. The SMILES string of the molecule is CCc1cccc(C)c1NC(=O)c1c(-c2ccccn2)n(-c2ccccc2Cl)c(C)cc1=O. The second kappa shape index (κ2) is 9.43. The van der Waals surface area contributed by atoms with Crippen molar-refractivity contribution in [2.24, 2.45) is 0 Å². The Morgan fingerprint density at radius 3 is 2.48 bits per heavy atom. The number of halogens is 1. The third-order valence-corrected chi connectivity index (χ3v) is 5.93. The fraction of sp³-hybridized carbons (Fsp3) is 0.148. The van der Waals surface area contributed by atoms with Crippen molar-refractivity contribution in [2.45, 2.75) is 27.2 Å². The quantitative estimate of drug-likeness (QED) is 0.400. The number of hydrogen-bond acceptors (Lipinski definition) is 3. The van der Waals surface area contributed by atoms with E-state index in [4.69, 9.17) is 11.6 Å². The van der Waals surface area contributed by atoms with Crippen LogP contribution in [0.25, 0.3) is 17.1 Å². The van der Waals surface area contributed by atoms with Gasteiger partial charge in [0.1, 0.15) is 5.56 Å². The number of benzene rings is 2. The van der Waals surface area contributed by atoms with Crippen molar-refractivity contribution in [2.75, 3.05) is 5.32 Å². The van der Waals surface area contributed by atoms with Gasteiger partial charge in [-0.3, -0.25) is 14.6 Å². The number of nitrogens with zero attached hydrogens (tertiary/aromatic N) is 2. The molecule has 0 aliphatic carbocycles. The number of pyridine rings is 2. The smallest absolute Gasteiger partial charge is 0.261 e. The molecule has 0 atom stereocenters. The van der Waals surface area contributed by atoms with E-state index in [1.807, 2.05) is 67.8 Å². The second-order valence-electron chi connectivity index (χ2n) is 7.79. The van der Waals surface area contributed by atoms with E-state index in [0.29, 0.717) is 27.8 Å². The van der Waals surface area contributed by atoms with Gasteiger partial charge in [-0.05, 0) is 55.7 Å². The maximum Gasteiger partial charge on any atom is 0.261 e. The Labute approximate surface area is 197 Å². The molecule has 0 saturated carbocycles. The minimum Gasteiger partial charge on any atom is -0.321 e. The summed E-state index contributed by atoms with van der Waals surface area (Å²) in [6.45, 7) is 5.78. The van der Waals surface area contributed by atoms with Gasteiger partial charge in [0.2, 0.25) is 0 Å². The van der Waals surface area contributed by atoms with Crippen LogP contribution in [0.4, 0.5) is 5.69 Å². The average molecular weight is 458 g/mol. The van der Waals surface area contributed by atoms with Gasteiger partial charge in [0.15, 0.2) is 5.43 Å². The van der Waals surface area contributed by atoms with Gasteiger partial charge in [0.05, 0.1) is 22.1 Å². The number of nitrogens with one attached hydrogen (secondary N) is 1. The molecule has 0 aliphatic rings. The van der Waals surface area contributed by atoms with Crippen LogP contribution in [0, 0.1) is 13.8 Å². The molecule has 33 heavy (non-hydrogen) atoms. The van der Waals surface area contributed by atoms with Crippen molar-refractivity contribution in [1.82, 2.24) is 9.55 Å². The van der Waals surface area contributed by atoms with Gasteiger partial charge in [-0.2, -0.15) is 0 Å². The Hall–Kier alpha value is -3.70. The molecule has 0 radical (unpaired) electrons. The Balaban J connectivity index is 2.00. The molecule has 0 unspecified atom stereocenters. The first-order valence-electron chi connectivity index (χ1n) is 10.7. The van der Waals surface area contributed by atoms with Crippen molar-refractivity contribution < 1.29 is 4.79 Å². The fourth-order valence-corrected chi connectivity index (χ4v) is 4.24. The third kappa shape index (κ3) is 4.32. The number of carbonyl (C=O) groups excluding carboxylic acids is 1. The monoisotopic (exact) mass is 457 g/mol. The van der Waals surface area contributed by atoms with E-state index in [9.17, 15) is 9.59 Å². The van der Waals surface area contributed by atoms with Crippen LogP contribution in [-0.4, -0.2) is 15.5 Å². The normalized spacial score (nSPS) is 10.8. The van der Waals surface area contributed by atoms with Crippen LogP contribution in [0.5, 0.6) is 0 Å². The highest BCUT2D eigenvalue weighted by Gasteiger charge is 2.25. The van der Waals surface area contributed by atoms with E-state index in [0.717, 1.165) is 23.2 Å². The number of aromatic nitrogens is 2. The van der Waals surface area contributed by atoms with Gasteiger partial charge < -0.3 is 9.88 Å². The molecule has 166 valence electrons. The summed E-state index contributed by atoms with van der Waals surface area (Å²) in [5.74, 6) is -0.481. The van der Waals surface area contributed by atoms with Crippen LogP contribution in [0.1, 0.15) is 34.1 Å². The highest BCUT2D eigenvalue weighted by molar-refractivity contribution is 6.32. The lowest BCUT2D eigenvalue weighted by Gasteiger charge is -2.21. The summed E-state index contributed by atoms with van der Waals surface area (Å²) >= 11 is 6.53. The first-order chi connectivity index (χ1) is 15.9. The molecule has 0 bridgehead atoms. The molecule has 1 N–H and O–H groups in total. The van der Waals surface area contributed by atoms with E-state index in [1.165, 1.54) is 6.07 Å². The standard InChI is InChI=1S/C27H24ClN3O2/c1-4-19-11-9-10-17(2)25(19)30-27(33)24-23(32)16-18(3)31(22-14-6-5-12-20(22)28)26(24)21-13-7-8-15-29-21/h5-16H,4H2,1-3H3,(H,30,33). The Morgan fingerprint density at radius 2 is 1.79 bits per heavy atom. The lowest BCUT2D eigenvalue weighted by atomic mass is 10.0. The highest BCUT2D eigenvalue weighted by Crippen LogP contribution is 2.30. The Kier molecular flexibility index (Phi) is 6.43. The van der Waals surface area contributed by atoms with Gasteiger partial charge in [-0.15, -0.1) is 0 Å². The van der Waals surface area contributed by atoms with Crippen LogP contribution < -0.4 is 10.7 Å². The summed E-state index contributed by atoms with van der Waals surface area (Å²) in [6, 6.07) is 20.0. The van der Waals surface area contributed by atoms with E-state index in [-0.39, 0.29) is 11.0 Å². The first kappa shape index (κ1) is 22.5.